The SMILES string of the molecule is CCC(C)NC(=O)CN1C(=O)CCc2cc(Br)ccc21. The summed E-state index contributed by atoms with van der Waals surface area (Å²) in [6.45, 7) is 4.07. The maximum atomic E-state index is 12.1. The van der Waals surface area contributed by atoms with Gasteiger partial charge < -0.3 is 10.2 Å². The minimum atomic E-state index is -0.108. The second-order valence-corrected chi connectivity index (χ2v) is 6.05. The highest BCUT2D eigenvalue weighted by molar-refractivity contribution is 9.10. The maximum Gasteiger partial charge on any atom is 0.240 e. The zero-order valence-electron chi connectivity index (χ0n) is 11.8. The number of aryl methyl sites for hydroxylation is 1. The molecule has 1 atom stereocenters. The van der Waals surface area contributed by atoms with Gasteiger partial charge in [-0.25, -0.2) is 0 Å². The van der Waals surface area contributed by atoms with Crippen molar-refractivity contribution < 1.29 is 9.59 Å². The Morgan fingerprint density at radius 3 is 2.90 bits per heavy atom. The van der Waals surface area contributed by atoms with Gasteiger partial charge in [0.05, 0.1) is 0 Å². The summed E-state index contributed by atoms with van der Waals surface area (Å²) >= 11 is 3.44. The second-order valence-electron chi connectivity index (χ2n) is 5.13. The van der Waals surface area contributed by atoms with E-state index in [0.717, 1.165) is 28.6 Å². The van der Waals surface area contributed by atoms with Crippen molar-refractivity contribution in [2.24, 2.45) is 0 Å². The lowest BCUT2D eigenvalue weighted by atomic mass is 10.0. The Morgan fingerprint density at radius 2 is 2.20 bits per heavy atom. The van der Waals surface area contributed by atoms with E-state index < -0.39 is 0 Å². The molecule has 1 heterocycles. The molecule has 2 amide bonds. The normalized spacial score (nSPS) is 15.8. The van der Waals surface area contributed by atoms with Crippen molar-refractivity contribution in [2.75, 3.05) is 11.4 Å². The van der Waals surface area contributed by atoms with Gasteiger partial charge in [-0.05, 0) is 43.5 Å². The Morgan fingerprint density at radius 1 is 1.45 bits per heavy atom. The molecule has 1 aliphatic rings. The molecule has 1 aliphatic heterocycles. The largest absolute Gasteiger partial charge is 0.352 e. The molecule has 20 heavy (non-hydrogen) atoms. The van der Waals surface area contributed by atoms with Crippen LogP contribution in [-0.4, -0.2) is 24.4 Å². The minimum Gasteiger partial charge on any atom is -0.352 e. The molecular formula is C15H19BrN2O2. The molecule has 2 rings (SSSR count). The first kappa shape index (κ1) is 15.0. The van der Waals surface area contributed by atoms with Crippen LogP contribution in [-0.2, 0) is 16.0 Å². The van der Waals surface area contributed by atoms with E-state index in [-0.39, 0.29) is 24.4 Å². The van der Waals surface area contributed by atoms with Crippen LogP contribution in [0.25, 0.3) is 0 Å². The fourth-order valence-electron chi connectivity index (χ4n) is 2.27. The third kappa shape index (κ3) is 3.39. The number of anilines is 1. The van der Waals surface area contributed by atoms with E-state index in [0.29, 0.717) is 6.42 Å². The van der Waals surface area contributed by atoms with Crippen molar-refractivity contribution in [3.05, 3.63) is 28.2 Å². The van der Waals surface area contributed by atoms with Crippen LogP contribution in [0, 0.1) is 0 Å². The number of fused-ring (bicyclic) bond motifs is 1. The molecule has 0 saturated heterocycles. The number of rotatable bonds is 4. The highest BCUT2D eigenvalue weighted by Crippen LogP contribution is 2.30. The third-order valence-corrected chi connectivity index (χ3v) is 4.06. The molecule has 0 radical (unpaired) electrons. The molecule has 0 spiro atoms. The Hall–Kier alpha value is -1.36. The van der Waals surface area contributed by atoms with Crippen LogP contribution in [0.2, 0.25) is 0 Å². The van der Waals surface area contributed by atoms with Crippen LogP contribution in [0.3, 0.4) is 0 Å². The van der Waals surface area contributed by atoms with Crippen molar-refractivity contribution >= 4 is 33.4 Å². The van der Waals surface area contributed by atoms with Crippen LogP contribution in [0.4, 0.5) is 5.69 Å². The zero-order valence-corrected chi connectivity index (χ0v) is 13.4. The Balaban J connectivity index is 2.15. The predicted octanol–water partition coefficient (Wildman–Crippen LogP) is 2.64. The lowest BCUT2D eigenvalue weighted by molar-refractivity contribution is -0.124. The first-order valence-electron chi connectivity index (χ1n) is 6.89. The standard InChI is InChI=1S/C15H19BrN2O2/c1-3-10(2)17-14(19)9-18-13-6-5-12(16)8-11(13)4-7-15(18)20/h5-6,8,10H,3-4,7,9H2,1-2H3,(H,17,19). The van der Waals surface area contributed by atoms with Gasteiger partial charge in [0.25, 0.3) is 0 Å². The molecule has 0 saturated carbocycles. The summed E-state index contributed by atoms with van der Waals surface area (Å²) < 4.78 is 0.995. The van der Waals surface area contributed by atoms with E-state index in [1.165, 1.54) is 0 Å². The Kier molecular flexibility index (Phi) is 4.81. The number of nitrogens with zero attached hydrogens (tertiary/aromatic N) is 1. The van der Waals surface area contributed by atoms with E-state index >= 15 is 0 Å². The predicted molar refractivity (Wildman–Crippen MR) is 82.7 cm³/mol. The number of nitrogens with one attached hydrogen (secondary N) is 1. The topological polar surface area (TPSA) is 49.4 Å². The molecule has 0 aromatic heterocycles. The van der Waals surface area contributed by atoms with Gasteiger partial charge in [0.1, 0.15) is 6.54 Å². The zero-order chi connectivity index (χ0) is 14.7. The summed E-state index contributed by atoms with van der Waals surface area (Å²) in [7, 11) is 0. The molecule has 1 N–H and O–H groups in total. The number of hydrogen-bond donors (Lipinski definition) is 1. The summed E-state index contributed by atoms with van der Waals surface area (Å²) in [5, 5.41) is 2.90. The molecule has 0 bridgehead atoms. The monoisotopic (exact) mass is 338 g/mol. The number of hydrogen-bond acceptors (Lipinski definition) is 2. The van der Waals surface area contributed by atoms with Gasteiger partial charge in [-0.15, -0.1) is 0 Å². The molecular weight excluding hydrogens is 320 g/mol. The van der Waals surface area contributed by atoms with Crippen molar-refractivity contribution in [1.82, 2.24) is 5.32 Å². The molecule has 4 nitrogen and oxygen atoms in total. The van der Waals surface area contributed by atoms with Crippen LogP contribution < -0.4 is 10.2 Å². The van der Waals surface area contributed by atoms with E-state index in [1.807, 2.05) is 32.0 Å². The summed E-state index contributed by atoms with van der Waals surface area (Å²) in [4.78, 5) is 25.6. The number of benzene rings is 1. The fraction of sp³-hybridized carbons (Fsp3) is 0.467. The average molecular weight is 339 g/mol. The molecule has 1 aromatic rings. The van der Waals surface area contributed by atoms with E-state index in [4.69, 9.17) is 0 Å². The van der Waals surface area contributed by atoms with E-state index in [2.05, 4.69) is 21.2 Å². The number of amides is 2. The van der Waals surface area contributed by atoms with Crippen LogP contribution >= 0.6 is 15.9 Å². The maximum absolute atomic E-state index is 12.1. The minimum absolute atomic E-state index is 0.0131. The van der Waals surface area contributed by atoms with Gasteiger partial charge in [-0.2, -0.15) is 0 Å². The van der Waals surface area contributed by atoms with Gasteiger partial charge in [0, 0.05) is 22.6 Å². The number of halogens is 1. The van der Waals surface area contributed by atoms with Gasteiger partial charge >= 0.3 is 0 Å². The smallest absolute Gasteiger partial charge is 0.240 e. The molecule has 108 valence electrons. The van der Waals surface area contributed by atoms with Crippen LogP contribution in [0.1, 0.15) is 32.3 Å². The molecule has 0 fully saturated rings. The summed E-state index contributed by atoms with van der Waals surface area (Å²) in [5.41, 5.74) is 1.96. The van der Waals surface area contributed by atoms with Gasteiger partial charge in [0.15, 0.2) is 0 Å². The van der Waals surface area contributed by atoms with Gasteiger partial charge in [-0.1, -0.05) is 22.9 Å². The quantitative estimate of drug-likeness (QED) is 0.917. The van der Waals surface area contributed by atoms with Gasteiger partial charge in [0.2, 0.25) is 11.8 Å². The summed E-state index contributed by atoms with van der Waals surface area (Å²) in [6.07, 6.45) is 2.07. The highest BCUT2D eigenvalue weighted by atomic mass is 79.9. The van der Waals surface area contributed by atoms with Crippen molar-refractivity contribution in [2.45, 2.75) is 39.2 Å². The second kappa shape index (κ2) is 6.39. The van der Waals surface area contributed by atoms with E-state index in [9.17, 15) is 9.59 Å². The Bertz CT molecular complexity index is 531. The average Bonchev–Trinajstić information content (AvgIpc) is 2.41. The lowest BCUT2D eigenvalue weighted by Gasteiger charge is -2.29. The third-order valence-electron chi connectivity index (χ3n) is 3.56. The first-order valence-corrected chi connectivity index (χ1v) is 7.68. The summed E-state index contributed by atoms with van der Waals surface area (Å²) in [6, 6.07) is 5.94. The lowest BCUT2D eigenvalue weighted by Crippen LogP contribution is -2.45. The first-order chi connectivity index (χ1) is 9.51. The summed E-state index contributed by atoms with van der Waals surface area (Å²) in [5.74, 6) is -0.0948. The molecule has 5 heteroatoms. The Labute approximate surface area is 127 Å². The fourth-order valence-corrected chi connectivity index (χ4v) is 2.68. The van der Waals surface area contributed by atoms with Crippen molar-refractivity contribution in [3.8, 4) is 0 Å². The van der Waals surface area contributed by atoms with Crippen LogP contribution in [0.5, 0.6) is 0 Å². The molecule has 1 unspecified atom stereocenters. The number of carbonyl (C=O) groups is 2. The molecule has 0 aliphatic carbocycles. The highest BCUT2D eigenvalue weighted by Gasteiger charge is 2.26. The molecule has 1 aromatic carbocycles. The van der Waals surface area contributed by atoms with Crippen molar-refractivity contribution in [1.29, 1.82) is 0 Å². The van der Waals surface area contributed by atoms with Crippen molar-refractivity contribution in [3.63, 3.8) is 0 Å². The van der Waals surface area contributed by atoms with E-state index in [1.54, 1.807) is 4.90 Å². The van der Waals surface area contributed by atoms with Gasteiger partial charge in [-0.3, -0.25) is 9.59 Å². The number of carbonyl (C=O) groups excluding carboxylic acids is 2. The van der Waals surface area contributed by atoms with Crippen LogP contribution in [0.15, 0.2) is 22.7 Å².